The van der Waals surface area contributed by atoms with Gasteiger partial charge in [-0.25, -0.2) is 0 Å². The van der Waals surface area contributed by atoms with Crippen molar-refractivity contribution in [2.24, 2.45) is 5.73 Å². The Balaban J connectivity index is 2.64. The zero-order valence-electron chi connectivity index (χ0n) is 9.36. The fourth-order valence-corrected chi connectivity index (χ4v) is 1.64. The van der Waals surface area contributed by atoms with E-state index in [-0.39, 0.29) is 5.78 Å². The zero-order chi connectivity index (χ0) is 11.3. The van der Waals surface area contributed by atoms with Crippen LogP contribution >= 0.6 is 0 Å². The monoisotopic (exact) mass is 206 g/mol. The molecule has 3 nitrogen and oxygen atoms in total. The summed E-state index contributed by atoms with van der Waals surface area (Å²) < 4.78 is 0. The number of hydrogen-bond donors (Lipinski definition) is 1. The molecule has 1 unspecified atom stereocenters. The molecule has 0 saturated carbocycles. The fourth-order valence-electron chi connectivity index (χ4n) is 1.64. The summed E-state index contributed by atoms with van der Waals surface area (Å²) in [7, 11) is 0. The molecule has 0 fully saturated rings. The molecule has 0 radical (unpaired) electrons. The maximum atomic E-state index is 11.8. The van der Waals surface area contributed by atoms with Crippen LogP contribution in [0.3, 0.4) is 0 Å². The van der Waals surface area contributed by atoms with Crippen molar-refractivity contribution in [2.45, 2.75) is 38.6 Å². The van der Waals surface area contributed by atoms with Crippen molar-refractivity contribution in [2.75, 3.05) is 0 Å². The van der Waals surface area contributed by atoms with Crippen molar-refractivity contribution in [3.05, 3.63) is 30.1 Å². The number of Topliss-reactive ketones (excluding diaryl/α,β-unsaturated/α-hetero) is 1. The van der Waals surface area contributed by atoms with Crippen molar-refractivity contribution in [1.29, 1.82) is 0 Å². The summed E-state index contributed by atoms with van der Waals surface area (Å²) in [4.78, 5) is 15.8. The van der Waals surface area contributed by atoms with Gasteiger partial charge in [0.05, 0.1) is 0 Å². The third-order valence-corrected chi connectivity index (χ3v) is 2.34. The third-order valence-electron chi connectivity index (χ3n) is 2.34. The van der Waals surface area contributed by atoms with E-state index < -0.39 is 5.54 Å². The fraction of sp³-hybridized carbons (Fsp3) is 0.500. The number of rotatable bonds is 5. The smallest absolute Gasteiger partial charge is 0.182 e. The second-order valence-electron chi connectivity index (χ2n) is 4.22. The molecule has 0 aliphatic heterocycles. The van der Waals surface area contributed by atoms with Gasteiger partial charge in [-0.3, -0.25) is 9.78 Å². The second-order valence-corrected chi connectivity index (χ2v) is 4.22. The van der Waals surface area contributed by atoms with E-state index in [4.69, 9.17) is 5.73 Å². The minimum atomic E-state index is -0.413. The molecule has 2 N–H and O–H groups in total. The Morgan fingerprint density at radius 3 is 2.80 bits per heavy atom. The SMILES string of the molecule is CCCC(C)(N)CC(=O)c1ccccn1. The number of ketones is 1. The third kappa shape index (κ3) is 3.80. The van der Waals surface area contributed by atoms with Crippen molar-refractivity contribution >= 4 is 5.78 Å². The number of nitrogens with zero attached hydrogens (tertiary/aromatic N) is 1. The van der Waals surface area contributed by atoms with Crippen LogP contribution in [0.5, 0.6) is 0 Å². The van der Waals surface area contributed by atoms with Gasteiger partial charge >= 0.3 is 0 Å². The van der Waals surface area contributed by atoms with E-state index >= 15 is 0 Å². The molecule has 0 spiro atoms. The topological polar surface area (TPSA) is 56.0 Å². The summed E-state index contributed by atoms with van der Waals surface area (Å²) >= 11 is 0. The Morgan fingerprint density at radius 2 is 2.27 bits per heavy atom. The summed E-state index contributed by atoms with van der Waals surface area (Å²) in [6, 6.07) is 5.34. The lowest BCUT2D eigenvalue weighted by molar-refractivity contribution is 0.0948. The van der Waals surface area contributed by atoms with Crippen LogP contribution in [0.4, 0.5) is 0 Å². The predicted molar refractivity (Wildman–Crippen MR) is 60.7 cm³/mol. The molecular weight excluding hydrogens is 188 g/mol. The minimum absolute atomic E-state index is 0.0223. The molecule has 1 aromatic rings. The molecule has 1 atom stereocenters. The normalized spacial score (nSPS) is 14.6. The Hall–Kier alpha value is -1.22. The Kier molecular flexibility index (Phi) is 3.97. The van der Waals surface area contributed by atoms with Gasteiger partial charge in [0, 0.05) is 18.2 Å². The number of pyridine rings is 1. The first kappa shape index (κ1) is 11.9. The summed E-state index contributed by atoms with van der Waals surface area (Å²) in [5.74, 6) is 0.0223. The van der Waals surface area contributed by atoms with E-state index in [9.17, 15) is 4.79 Å². The van der Waals surface area contributed by atoms with Gasteiger partial charge in [0.1, 0.15) is 5.69 Å². The molecule has 1 heterocycles. The summed E-state index contributed by atoms with van der Waals surface area (Å²) in [5, 5.41) is 0. The van der Waals surface area contributed by atoms with E-state index in [1.807, 2.05) is 13.0 Å². The van der Waals surface area contributed by atoms with E-state index in [1.54, 1.807) is 18.3 Å². The Bertz CT molecular complexity index is 320. The molecule has 0 amide bonds. The highest BCUT2D eigenvalue weighted by atomic mass is 16.1. The number of hydrogen-bond acceptors (Lipinski definition) is 3. The molecule has 0 aliphatic carbocycles. The van der Waals surface area contributed by atoms with Crippen molar-refractivity contribution in [3.63, 3.8) is 0 Å². The van der Waals surface area contributed by atoms with Crippen molar-refractivity contribution in [1.82, 2.24) is 4.98 Å². The van der Waals surface area contributed by atoms with E-state index in [0.717, 1.165) is 12.8 Å². The van der Waals surface area contributed by atoms with Crippen molar-refractivity contribution < 1.29 is 4.79 Å². The zero-order valence-corrected chi connectivity index (χ0v) is 9.36. The standard InChI is InChI=1S/C12H18N2O/c1-3-7-12(2,13)9-11(15)10-6-4-5-8-14-10/h4-6,8H,3,7,9,13H2,1-2H3. The average Bonchev–Trinajstić information content (AvgIpc) is 2.18. The molecular formula is C12H18N2O. The maximum Gasteiger partial charge on any atom is 0.182 e. The van der Waals surface area contributed by atoms with Crippen LogP contribution < -0.4 is 5.73 Å². The molecule has 82 valence electrons. The van der Waals surface area contributed by atoms with Gasteiger partial charge < -0.3 is 5.73 Å². The van der Waals surface area contributed by atoms with E-state index in [0.29, 0.717) is 12.1 Å². The molecule has 1 aromatic heterocycles. The molecule has 1 rings (SSSR count). The van der Waals surface area contributed by atoms with Gasteiger partial charge in [0.25, 0.3) is 0 Å². The molecule has 3 heteroatoms. The number of carbonyl (C=O) groups is 1. The van der Waals surface area contributed by atoms with Gasteiger partial charge in [-0.05, 0) is 25.5 Å². The highest BCUT2D eigenvalue weighted by Gasteiger charge is 2.22. The maximum absolute atomic E-state index is 11.8. The minimum Gasteiger partial charge on any atom is -0.325 e. The van der Waals surface area contributed by atoms with Gasteiger partial charge in [0.15, 0.2) is 5.78 Å². The lowest BCUT2D eigenvalue weighted by atomic mass is 9.90. The Morgan fingerprint density at radius 1 is 1.53 bits per heavy atom. The van der Waals surface area contributed by atoms with Gasteiger partial charge in [0.2, 0.25) is 0 Å². The molecule has 0 aromatic carbocycles. The van der Waals surface area contributed by atoms with Crippen LogP contribution in [0, 0.1) is 0 Å². The first-order valence-corrected chi connectivity index (χ1v) is 5.28. The molecule has 0 aliphatic rings. The lowest BCUT2D eigenvalue weighted by Crippen LogP contribution is -2.38. The number of carbonyl (C=O) groups excluding carboxylic acids is 1. The van der Waals surface area contributed by atoms with Gasteiger partial charge in [-0.2, -0.15) is 0 Å². The van der Waals surface area contributed by atoms with E-state index in [2.05, 4.69) is 11.9 Å². The molecule has 0 bridgehead atoms. The van der Waals surface area contributed by atoms with Crippen molar-refractivity contribution in [3.8, 4) is 0 Å². The average molecular weight is 206 g/mol. The van der Waals surface area contributed by atoms with Crippen LogP contribution in [0.15, 0.2) is 24.4 Å². The quantitative estimate of drug-likeness (QED) is 0.751. The number of nitrogens with two attached hydrogens (primary N) is 1. The van der Waals surface area contributed by atoms with Crippen LogP contribution in [0.25, 0.3) is 0 Å². The van der Waals surface area contributed by atoms with Crippen LogP contribution in [0.1, 0.15) is 43.6 Å². The molecule has 15 heavy (non-hydrogen) atoms. The first-order valence-electron chi connectivity index (χ1n) is 5.28. The van der Waals surface area contributed by atoms with Gasteiger partial charge in [-0.1, -0.05) is 19.4 Å². The highest BCUT2D eigenvalue weighted by molar-refractivity contribution is 5.94. The number of aromatic nitrogens is 1. The Labute approximate surface area is 90.7 Å². The van der Waals surface area contributed by atoms with E-state index in [1.165, 1.54) is 0 Å². The molecule has 0 saturated heterocycles. The summed E-state index contributed by atoms with van der Waals surface area (Å²) in [6.07, 6.45) is 3.83. The highest BCUT2D eigenvalue weighted by Crippen LogP contribution is 2.15. The van der Waals surface area contributed by atoms with Crippen LogP contribution in [-0.4, -0.2) is 16.3 Å². The predicted octanol–water partition coefficient (Wildman–Crippen LogP) is 2.17. The summed E-state index contributed by atoms with van der Waals surface area (Å²) in [6.45, 7) is 3.98. The second kappa shape index (κ2) is 5.03. The largest absolute Gasteiger partial charge is 0.325 e. The summed E-state index contributed by atoms with van der Waals surface area (Å²) in [5.41, 5.74) is 6.11. The van der Waals surface area contributed by atoms with Gasteiger partial charge in [-0.15, -0.1) is 0 Å². The van der Waals surface area contributed by atoms with Crippen LogP contribution in [0.2, 0.25) is 0 Å². The lowest BCUT2D eigenvalue weighted by Gasteiger charge is -2.22. The van der Waals surface area contributed by atoms with Crippen LogP contribution in [-0.2, 0) is 0 Å². The first-order chi connectivity index (χ1) is 7.05.